The fraction of sp³-hybridized carbons (Fsp3) is 0.700. The van der Waals surface area contributed by atoms with Crippen LogP contribution >= 0.6 is 0 Å². The number of ether oxygens (including phenoxy) is 1. The van der Waals surface area contributed by atoms with Gasteiger partial charge in [0.25, 0.3) is 11.8 Å². The molecule has 0 spiro atoms. The van der Waals surface area contributed by atoms with Gasteiger partial charge in [0.15, 0.2) is 6.61 Å². The number of amides is 2. The highest BCUT2D eigenvalue weighted by molar-refractivity contribution is 7.89. The van der Waals surface area contributed by atoms with Gasteiger partial charge in [-0.3, -0.25) is 9.59 Å². The average Bonchev–Trinajstić information content (AvgIpc) is 2.90. The van der Waals surface area contributed by atoms with E-state index in [1.165, 1.54) is 67.1 Å². The van der Waals surface area contributed by atoms with Crippen molar-refractivity contribution in [2.45, 2.75) is 90.1 Å². The molecule has 4 saturated carbocycles. The van der Waals surface area contributed by atoms with E-state index in [2.05, 4.69) is 17.6 Å². The first kappa shape index (κ1) is 30.5. The summed E-state index contributed by atoms with van der Waals surface area (Å²) in [4.78, 5) is 38.8. The standard InChI is InChI=1S/C30H45N3O6S/c1-6-33(7-2)40(37,38)25-10-8-9-24(14-25)28(35)32-27(19(3)4)29(36)39-18-26(34)31-20(5)30-15-21-11-22(16-30)13-23(12-21)17-30/h8-10,14,19-23,27H,6-7,11-13,15-18H2,1-5H3,(H,31,34)(H,32,35)/t20-,21?,22?,23?,27-,30?/m0/s1. The predicted molar refractivity (Wildman–Crippen MR) is 152 cm³/mol. The third kappa shape index (κ3) is 6.38. The van der Waals surface area contributed by atoms with Crippen LogP contribution in [0.25, 0.3) is 0 Å². The molecule has 4 fully saturated rings. The molecule has 2 amide bonds. The second-order valence-corrected chi connectivity index (χ2v) is 14.4. The number of hydrogen-bond acceptors (Lipinski definition) is 6. The van der Waals surface area contributed by atoms with Crippen molar-refractivity contribution in [1.82, 2.24) is 14.9 Å². The molecule has 40 heavy (non-hydrogen) atoms. The van der Waals surface area contributed by atoms with Crippen molar-refractivity contribution in [2.75, 3.05) is 19.7 Å². The summed E-state index contributed by atoms with van der Waals surface area (Å²) in [6.07, 6.45) is 7.49. The van der Waals surface area contributed by atoms with E-state index in [0.717, 1.165) is 17.8 Å². The number of nitrogens with one attached hydrogen (secondary N) is 2. The van der Waals surface area contributed by atoms with Crippen LogP contribution in [-0.2, 0) is 24.3 Å². The van der Waals surface area contributed by atoms with Gasteiger partial charge in [-0.2, -0.15) is 4.31 Å². The number of carbonyl (C=O) groups is 3. The van der Waals surface area contributed by atoms with Gasteiger partial charge >= 0.3 is 5.97 Å². The molecular formula is C30H45N3O6S. The third-order valence-electron chi connectivity index (χ3n) is 9.37. The number of carbonyl (C=O) groups excluding carboxylic acids is 3. The van der Waals surface area contributed by atoms with Crippen molar-refractivity contribution in [3.05, 3.63) is 29.8 Å². The van der Waals surface area contributed by atoms with Crippen LogP contribution in [0, 0.1) is 29.1 Å². The fourth-order valence-electron chi connectivity index (χ4n) is 7.60. The molecule has 2 N–H and O–H groups in total. The zero-order valence-electron chi connectivity index (χ0n) is 24.4. The first-order chi connectivity index (χ1) is 18.9. The minimum Gasteiger partial charge on any atom is -0.454 e. The fourth-order valence-corrected chi connectivity index (χ4v) is 9.11. The van der Waals surface area contributed by atoms with E-state index in [0.29, 0.717) is 13.1 Å². The summed E-state index contributed by atoms with van der Waals surface area (Å²) in [5, 5.41) is 5.77. The van der Waals surface area contributed by atoms with Crippen LogP contribution in [-0.4, -0.2) is 62.3 Å². The zero-order valence-corrected chi connectivity index (χ0v) is 25.3. The molecule has 0 radical (unpaired) electrons. The third-order valence-corrected chi connectivity index (χ3v) is 11.4. The van der Waals surface area contributed by atoms with E-state index in [9.17, 15) is 22.8 Å². The van der Waals surface area contributed by atoms with Gasteiger partial charge < -0.3 is 15.4 Å². The first-order valence-corrected chi connectivity index (χ1v) is 16.2. The molecule has 4 aliphatic rings. The van der Waals surface area contributed by atoms with Gasteiger partial charge in [0.1, 0.15) is 6.04 Å². The van der Waals surface area contributed by atoms with Crippen LogP contribution in [0.1, 0.15) is 83.5 Å². The zero-order chi connectivity index (χ0) is 29.2. The Morgan fingerprint density at radius 3 is 2.08 bits per heavy atom. The maximum absolute atomic E-state index is 13.0. The summed E-state index contributed by atoms with van der Waals surface area (Å²) in [6.45, 7) is 9.33. The summed E-state index contributed by atoms with van der Waals surface area (Å²) < 4.78 is 32.5. The smallest absolute Gasteiger partial charge is 0.329 e. The SMILES string of the molecule is CCN(CC)S(=O)(=O)c1cccc(C(=O)N[C@H](C(=O)OCC(=O)N[C@@H](C)C23CC4CC(CC(C4)C2)C3)C(C)C)c1. The Labute approximate surface area is 238 Å². The highest BCUT2D eigenvalue weighted by atomic mass is 32.2. The molecule has 0 heterocycles. The minimum absolute atomic E-state index is 0.0114. The number of benzene rings is 1. The molecular weight excluding hydrogens is 530 g/mol. The summed E-state index contributed by atoms with van der Waals surface area (Å²) in [5.41, 5.74) is 0.268. The van der Waals surface area contributed by atoms with Gasteiger partial charge in [0, 0.05) is 24.7 Å². The number of hydrogen-bond donors (Lipinski definition) is 2. The Balaban J connectivity index is 1.34. The number of sulfonamides is 1. The Kier molecular flexibility index (Phi) is 9.29. The molecule has 4 bridgehead atoms. The van der Waals surface area contributed by atoms with E-state index in [1.54, 1.807) is 27.7 Å². The van der Waals surface area contributed by atoms with Crippen molar-refractivity contribution < 1.29 is 27.5 Å². The number of nitrogens with zero attached hydrogens (tertiary/aromatic N) is 1. The lowest BCUT2D eigenvalue weighted by molar-refractivity contribution is -0.152. The van der Waals surface area contributed by atoms with Crippen molar-refractivity contribution in [1.29, 1.82) is 0 Å². The Morgan fingerprint density at radius 1 is 0.975 bits per heavy atom. The molecule has 1 aromatic rings. The van der Waals surface area contributed by atoms with Crippen molar-refractivity contribution >= 4 is 27.8 Å². The Morgan fingerprint density at radius 2 is 1.55 bits per heavy atom. The summed E-state index contributed by atoms with van der Waals surface area (Å²) >= 11 is 0. The second-order valence-electron chi connectivity index (χ2n) is 12.5. The van der Waals surface area contributed by atoms with Crippen LogP contribution in [0.3, 0.4) is 0 Å². The van der Waals surface area contributed by atoms with Crippen LogP contribution in [0.4, 0.5) is 0 Å². The number of esters is 1. The van der Waals surface area contributed by atoms with E-state index in [1.807, 2.05) is 0 Å². The first-order valence-electron chi connectivity index (χ1n) is 14.8. The predicted octanol–water partition coefficient (Wildman–Crippen LogP) is 3.74. The summed E-state index contributed by atoms with van der Waals surface area (Å²) in [7, 11) is -3.74. The van der Waals surface area contributed by atoms with Gasteiger partial charge in [-0.15, -0.1) is 0 Å². The van der Waals surface area contributed by atoms with Crippen LogP contribution < -0.4 is 10.6 Å². The van der Waals surface area contributed by atoms with E-state index < -0.39 is 34.5 Å². The number of rotatable bonds is 12. The van der Waals surface area contributed by atoms with Gasteiger partial charge in [0.2, 0.25) is 10.0 Å². The lowest BCUT2D eigenvalue weighted by Gasteiger charge is -2.59. The molecule has 222 valence electrons. The lowest BCUT2D eigenvalue weighted by atomic mass is 9.48. The van der Waals surface area contributed by atoms with E-state index >= 15 is 0 Å². The molecule has 0 aliphatic heterocycles. The van der Waals surface area contributed by atoms with Crippen molar-refractivity contribution in [2.24, 2.45) is 29.1 Å². The van der Waals surface area contributed by atoms with Gasteiger partial charge in [-0.05, 0) is 92.7 Å². The maximum Gasteiger partial charge on any atom is 0.329 e. The van der Waals surface area contributed by atoms with Crippen LogP contribution in [0.15, 0.2) is 29.2 Å². The van der Waals surface area contributed by atoms with E-state index in [-0.39, 0.29) is 33.7 Å². The maximum atomic E-state index is 13.0. The van der Waals surface area contributed by atoms with Crippen LogP contribution in [0.5, 0.6) is 0 Å². The van der Waals surface area contributed by atoms with E-state index in [4.69, 9.17) is 4.74 Å². The normalized spacial score (nSPS) is 26.9. The molecule has 2 atom stereocenters. The quantitative estimate of drug-likeness (QED) is 0.366. The highest BCUT2D eigenvalue weighted by Gasteiger charge is 2.53. The topological polar surface area (TPSA) is 122 Å². The molecule has 4 aliphatic carbocycles. The molecule has 0 unspecified atom stereocenters. The minimum atomic E-state index is -3.74. The van der Waals surface area contributed by atoms with Gasteiger partial charge in [0.05, 0.1) is 4.90 Å². The highest BCUT2D eigenvalue weighted by Crippen LogP contribution is 2.61. The molecule has 0 aromatic heterocycles. The van der Waals surface area contributed by atoms with Gasteiger partial charge in [-0.25, -0.2) is 13.2 Å². The molecule has 0 saturated heterocycles. The molecule has 9 nitrogen and oxygen atoms in total. The summed E-state index contributed by atoms with van der Waals surface area (Å²) in [6, 6.07) is 4.78. The molecule has 5 rings (SSSR count). The lowest BCUT2D eigenvalue weighted by Crippen LogP contribution is -2.56. The van der Waals surface area contributed by atoms with Gasteiger partial charge in [-0.1, -0.05) is 33.8 Å². The Hall–Kier alpha value is -2.46. The molecule has 10 heteroatoms. The Bertz CT molecular complexity index is 1170. The monoisotopic (exact) mass is 575 g/mol. The largest absolute Gasteiger partial charge is 0.454 e. The van der Waals surface area contributed by atoms with Crippen LogP contribution in [0.2, 0.25) is 0 Å². The average molecular weight is 576 g/mol. The van der Waals surface area contributed by atoms with Crippen molar-refractivity contribution in [3.63, 3.8) is 0 Å². The summed E-state index contributed by atoms with van der Waals surface area (Å²) in [5.74, 6) is 0.387. The van der Waals surface area contributed by atoms with Crippen molar-refractivity contribution in [3.8, 4) is 0 Å². The molecule has 1 aromatic carbocycles. The second kappa shape index (κ2) is 12.2.